The second-order valence-electron chi connectivity index (χ2n) is 8.15. The van der Waals surface area contributed by atoms with E-state index in [-0.39, 0.29) is 41.4 Å². The van der Waals surface area contributed by atoms with E-state index in [2.05, 4.69) is 0 Å². The summed E-state index contributed by atoms with van der Waals surface area (Å²) in [5.74, 6) is -2.09. The van der Waals surface area contributed by atoms with Crippen molar-refractivity contribution in [2.24, 2.45) is 0 Å². The summed E-state index contributed by atoms with van der Waals surface area (Å²) in [6.45, 7) is 3.64. The molecule has 1 aromatic carbocycles. The number of carbonyl (C=O) groups excluding carboxylic acids is 3. The third-order valence-corrected chi connectivity index (χ3v) is 5.78. The summed E-state index contributed by atoms with van der Waals surface area (Å²) in [6.07, 6.45) is -4.44. The third kappa shape index (κ3) is 5.75. The van der Waals surface area contributed by atoms with Crippen LogP contribution in [0.5, 0.6) is 0 Å². The lowest BCUT2D eigenvalue weighted by molar-refractivity contribution is -0.141. The second kappa shape index (κ2) is 9.86. The van der Waals surface area contributed by atoms with Crippen molar-refractivity contribution in [3.8, 4) is 0 Å². The minimum absolute atomic E-state index is 0.0242. The first kappa shape index (κ1) is 25.3. The van der Waals surface area contributed by atoms with E-state index in [1.165, 1.54) is 43.9 Å². The Kier molecular flexibility index (Phi) is 7.32. The number of Topliss-reactive ketones (excluding diaryl/α,β-unsaturated/α-hetero) is 1. The molecule has 0 spiro atoms. The highest BCUT2D eigenvalue weighted by Gasteiger charge is 2.31. The number of ether oxygens (including phenoxy) is 1. The molecule has 2 heterocycles. The zero-order valence-electron chi connectivity index (χ0n) is 19.0. The van der Waals surface area contributed by atoms with Crippen molar-refractivity contribution in [2.75, 3.05) is 37.7 Å². The van der Waals surface area contributed by atoms with E-state index in [1.807, 2.05) is 0 Å². The van der Waals surface area contributed by atoms with Crippen LogP contribution in [0, 0.1) is 19.7 Å². The van der Waals surface area contributed by atoms with Crippen molar-refractivity contribution in [1.82, 2.24) is 9.47 Å². The number of alkyl halides is 3. The molecule has 1 aromatic heterocycles. The number of hydrogen-bond donors (Lipinski definition) is 0. The smallest absolute Gasteiger partial charge is 0.406 e. The Balaban J connectivity index is 1.55. The second-order valence-corrected chi connectivity index (χ2v) is 8.15. The average Bonchev–Trinajstić information content (AvgIpc) is 3.04. The van der Waals surface area contributed by atoms with Gasteiger partial charge in [0.1, 0.15) is 12.4 Å². The van der Waals surface area contributed by atoms with Crippen LogP contribution >= 0.6 is 0 Å². The number of aromatic nitrogens is 1. The van der Waals surface area contributed by atoms with E-state index >= 15 is 0 Å². The number of aryl methyl sites for hydroxylation is 1. The number of esters is 1. The minimum Gasteiger partial charge on any atom is -0.452 e. The molecule has 1 aliphatic rings. The van der Waals surface area contributed by atoms with Gasteiger partial charge in [-0.25, -0.2) is 9.18 Å². The highest BCUT2D eigenvalue weighted by molar-refractivity contribution is 5.94. The Morgan fingerprint density at radius 2 is 1.68 bits per heavy atom. The molecular weight excluding hydrogens is 458 g/mol. The first-order valence-corrected chi connectivity index (χ1v) is 10.6. The van der Waals surface area contributed by atoms with Crippen molar-refractivity contribution in [3.63, 3.8) is 0 Å². The van der Waals surface area contributed by atoms with E-state index < -0.39 is 37.0 Å². The maximum absolute atomic E-state index is 14.4. The van der Waals surface area contributed by atoms with Crippen molar-refractivity contribution >= 4 is 23.3 Å². The van der Waals surface area contributed by atoms with Crippen molar-refractivity contribution in [2.45, 2.75) is 33.5 Å². The number of rotatable bonds is 6. The number of amides is 1. The van der Waals surface area contributed by atoms with Crippen LogP contribution < -0.4 is 4.90 Å². The third-order valence-electron chi connectivity index (χ3n) is 5.78. The highest BCUT2D eigenvalue weighted by atomic mass is 19.4. The maximum atomic E-state index is 14.4. The van der Waals surface area contributed by atoms with Gasteiger partial charge in [0.2, 0.25) is 0 Å². The normalized spacial score (nSPS) is 14.3. The van der Waals surface area contributed by atoms with Crippen LogP contribution in [0.25, 0.3) is 0 Å². The standard InChI is InChI=1S/C23H25F4N3O4/c1-14-10-18(15(2)30(14)13-23(25,26)27)22(33)34-12-21(32)29-8-6-28(7-9-29)20-5-4-17(16(3)31)11-19(20)24/h4-5,10-11H,6-9,12-13H2,1-3H3. The number of anilines is 1. The van der Waals surface area contributed by atoms with E-state index in [0.29, 0.717) is 18.8 Å². The Morgan fingerprint density at radius 3 is 2.24 bits per heavy atom. The average molecular weight is 483 g/mol. The van der Waals surface area contributed by atoms with E-state index in [4.69, 9.17) is 4.74 Å². The summed E-state index contributed by atoms with van der Waals surface area (Å²) >= 11 is 0. The molecule has 1 aliphatic heterocycles. The maximum Gasteiger partial charge on any atom is 0.406 e. The van der Waals surface area contributed by atoms with Crippen molar-refractivity contribution in [1.29, 1.82) is 0 Å². The number of piperazine rings is 1. The van der Waals surface area contributed by atoms with Crippen LogP contribution in [0.3, 0.4) is 0 Å². The number of halogens is 4. The van der Waals surface area contributed by atoms with E-state index in [0.717, 1.165) is 4.57 Å². The van der Waals surface area contributed by atoms with Gasteiger partial charge in [-0.15, -0.1) is 0 Å². The van der Waals surface area contributed by atoms with Crippen LogP contribution in [0.1, 0.15) is 39.0 Å². The fraction of sp³-hybridized carbons (Fsp3) is 0.435. The number of hydrogen-bond acceptors (Lipinski definition) is 5. The van der Waals surface area contributed by atoms with Gasteiger partial charge < -0.3 is 19.1 Å². The van der Waals surface area contributed by atoms with Crippen LogP contribution in [0.2, 0.25) is 0 Å². The van der Waals surface area contributed by atoms with Gasteiger partial charge in [0, 0.05) is 43.1 Å². The van der Waals surface area contributed by atoms with Crippen LogP contribution in [-0.4, -0.2) is 66.1 Å². The first-order valence-electron chi connectivity index (χ1n) is 10.6. The summed E-state index contributed by atoms with van der Waals surface area (Å²) in [5, 5.41) is 0. The lowest BCUT2D eigenvalue weighted by atomic mass is 10.1. The fourth-order valence-electron chi connectivity index (χ4n) is 3.91. The number of benzene rings is 1. The molecule has 0 N–H and O–H groups in total. The molecule has 7 nitrogen and oxygen atoms in total. The molecule has 1 amide bonds. The van der Waals surface area contributed by atoms with Gasteiger partial charge in [-0.05, 0) is 45.0 Å². The van der Waals surface area contributed by atoms with Gasteiger partial charge in [-0.3, -0.25) is 9.59 Å². The minimum atomic E-state index is -4.44. The molecule has 0 aliphatic carbocycles. The summed E-state index contributed by atoms with van der Waals surface area (Å²) in [4.78, 5) is 39.5. The van der Waals surface area contributed by atoms with Crippen molar-refractivity contribution in [3.05, 3.63) is 52.6 Å². The zero-order valence-corrected chi connectivity index (χ0v) is 19.0. The monoisotopic (exact) mass is 483 g/mol. The highest BCUT2D eigenvalue weighted by Crippen LogP contribution is 2.24. The molecule has 0 radical (unpaired) electrons. The number of carbonyl (C=O) groups is 3. The van der Waals surface area contributed by atoms with Crippen LogP contribution in [0.4, 0.5) is 23.2 Å². The molecule has 3 rings (SSSR count). The predicted octanol–water partition coefficient (Wildman–Crippen LogP) is 3.51. The largest absolute Gasteiger partial charge is 0.452 e. The predicted molar refractivity (Wildman–Crippen MR) is 115 cm³/mol. The fourth-order valence-corrected chi connectivity index (χ4v) is 3.91. The number of nitrogens with zero attached hydrogens (tertiary/aromatic N) is 3. The summed E-state index contributed by atoms with van der Waals surface area (Å²) < 4.78 is 58.7. The molecule has 34 heavy (non-hydrogen) atoms. The topological polar surface area (TPSA) is 71.9 Å². The number of ketones is 1. The molecule has 1 fully saturated rings. The van der Waals surface area contributed by atoms with Crippen LogP contribution in [-0.2, 0) is 16.1 Å². The molecule has 11 heteroatoms. The molecule has 0 unspecified atom stereocenters. The Bertz CT molecular complexity index is 1100. The molecule has 184 valence electrons. The molecule has 0 bridgehead atoms. The zero-order chi connectivity index (χ0) is 25.2. The summed E-state index contributed by atoms with van der Waals surface area (Å²) in [5.41, 5.74) is 0.948. The SMILES string of the molecule is CC(=O)c1ccc(N2CCN(C(=O)COC(=O)c3cc(C)n(CC(F)(F)F)c3C)CC2)c(F)c1. The Morgan fingerprint density at radius 1 is 1.03 bits per heavy atom. The summed E-state index contributed by atoms with van der Waals surface area (Å²) in [6, 6.07) is 5.56. The van der Waals surface area contributed by atoms with Gasteiger partial charge >= 0.3 is 12.1 Å². The van der Waals surface area contributed by atoms with E-state index in [9.17, 15) is 31.9 Å². The Labute approximate surface area is 193 Å². The Hall–Kier alpha value is -3.37. The quantitative estimate of drug-likeness (QED) is 0.357. The van der Waals surface area contributed by atoms with E-state index in [1.54, 1.807) is 11.0 Å². The molecule has 2 aromatic rings. The lowest BCUT2D eigenvalue weighted by Gasteiger charge is -2.36. The molecule has 0 saturated carbocycles. The summed E-state index contributed by atoms with van der Waals surface area (Å²) in [7, 11) is 0. The molecule has 1 saturated heterocycles. The van der Waals surface area contributed by atoms with Gasteiger partial charge in [0.15, 0.2) is 12.4 Å². The van der Waals surface area contributed by atoms with Crippen molar-refractivity contribution < 1.29 is 36.7 Å². The van der Waals surface area contributed by atoms with Crippen LogP contribution in [0.15, 0.2) is 24.3 Å². The van der Waals surface area contributed by atoms with Gasteiger partial charge in [0.25, 0.3) is 5.91 Å². The van der Waals surface area contributed by atoms with Gasteiger partial charge in [-0.2, -0.15) is 13.2 Å². The van der Waals surface area contributed by atoms with Gasteiger partial charge in [0.05, 0.1) is 11.3 Å². The molecular formula is C23H25F4N3O4. The lowest BCUT2D eigenvalue weighted by Crippen LogP contribution is -2.50. The first-order chi connectivity index (χ1) is 15.9. The van der Waals surface area contributed by atoms with Gasteiger partial charge in [-0.1, -0.05) is 0 Å². The molecule has 0 atom stereocenters.